The van der Waals surface area contributed by atoms with Crippen molar-refractivity contribution in [3.05, 3.63) is 27.1 Å². The Bertz CT molecular complexity index is 446. The van der Waals surface area contributed by atoms with Crippen LogP contribution in [0, 0.1) is 10.1 Å². The molecular formula is C11H18ClN3O3S. The first-order valence-corrected chi connectivity index (χ1v) is 6.55. The average Bonchev–Trinajstić information content (AvgIpc) is 2.85. The van der Waals surface area contributed by atoms with E-state index in [0.717, 1.165) is 24.2 Å². The summed E-state index contributed by atoms with van der Waals surface area (Å²) in [7, 11) is 0. The van der Waals surface area contributed by atoms with Crippen LogP contribution in [0.3, 0.4) is 0 Å². The van der Waals surface area contributed by atoms with E-state index in [-0.39, 0.29) is 23.3 Å². The van der Waals surface area contributed by atoms with Crippen molar-refractivity contribution in [1.82, 2.24) is 5.32 Å². The molecule has 1 heterocycles. The Labute approximate surface area is 121 Å². The normalized spacial score (nSPS) is 10.7. The minimum Gasteiger partial charge on any atom is -0.349 e. The van der Waals surface area contributed by atoms with Crippen molar-refractivity contribution in [1.29, 1.82) is 0 Å². The van der Waals surface area contributed by atoms with Crippen LogP contribution in [-0.2, 0) is 0 Å². The van der Waals surface area contributed by atoms with Gasteiger partial charge in [0.1, 0.15) is 0 Å². The molecule has 0 saturated carbocycles. The number of carbonyl (C=O) groups excluding carboxylic acids is 1. The number of thiophene rings is 1. The highest BCUT2D eigenvalue weighted by molar-refractivity contribution is 7.17. The van der Waals surface area contributed by atoms with Gasteiger partial charge in [0, 0.05) is 18.2 Å². The van der Waals surface area contributed by atoms with Gasteiger partial charge in [-0.25, -0.2) is 0 Å². The van der Waals surface area contributed by atoms with E-state index in [1.54, 1.807) is 0 Å². The summed E-state index contributed by atoms with van der Waals surface area (Å²) >= 11 is 0.863. The molecule has 3 N–H and O–H groups in total. The highest BCUT2D eigenvalue weighted by atomic mass is 35.5. The van der Waals surface area contributed by atoms with Gasteiger partial charge < -0.3 is 11.1 Å². The van der Waals surface area contributed by atoms with Crippen molar-refractivity contribution in [2.75, 3.05) is 6.54 Å². The average molecular weight is 308 g/mol. The number of rotatable bonds is 6. The van der Waals surface area contributed by atoms with Gasteiger partial charge >= 0.3 is 5.00 Å². The Balaban J connectivity index is 0.00000324. The third kappa shape index (κ3) is 4.77. The first kappa shape index (κ1) is 17.8. The smallest absolute Gasteiger partial charge is 0.324 e. The minimum absolute atomic E-state index is 0. The van der Waals surface area contributed by atoms with E-state index in [2.05, 4.69) is 5.32 Å². The number of hydrogen-bond donors (Lipinski definition) is 2. The van der Waals surface area contributed by atoms with Crippen LogP contribution in [0.5, 0.6) is 0 Å². The molecular weight excluding hydrogens is 290 g/mol. The summed E-state index contributed by atoms with van der Waals surface area (Å²) in [5, 5.41) is 13.2. The molecule has 1 amide bonds. The Morgan fingerprint density at radius 1 is 1.47 bits per heavy atom. The predicted molar refractivity (Wildman–Crippen MR) is 78.1 cm³/mol. The second-order valence-electron chi connectivity index (χ2n) is 4.15. The molecule has 0 saturated heterocycles. The van der Waals surface area contributed by atoms with E-state index in [4.69, 9.17) is 5.73 Å². The van der Waals surface area contributed by atoms with Crippen LogP contribution in [0.25, 0.3) is 0 Å². The van der Waals surface area contributed by atoms with Gasteiger partial charge in [0.15, 0.2) is 0 Å². The Hall–Kier alpha value is -1.18. The maximum absolute atomic E-state index is 11.8. The number of nitrogens with two attached hydrogens (primary N) is 1. The van der Waals surface area contributed by atoms with Crippen LogP contribution in [0.1, 0.15) is 36.4 Å². The van der Waals surface area contributed by atoms with Gasteiger partial charge in [0.2, 0.25) is 0 Å². The van der Waals surface area contributed by atoms with Crippen LogP contribution in [-0.4, -0.2) is 22.9 Å². The van der Waals surface area contributed by atoms with E-state index < -0.39 is 10.5 Å². The van der Waals surface area contributed by atoms with Crippen molar-refractivity contribution in [2.24, 2.45) is 5.73 Å². The lowest BCUT2D eigenvalue weighted by Crippen LogP contribution is -2.49. The van der Waals surface area contributed by atoms with Crippen molar-refractivity contribution in [2.45, 2.75) is 32.2 Å². The minimum atomic E-state index is -0.507. The standard InChI is InChI=1S/C11H17N3O3S.ClH/c1-3-11(12,4-2)7-13-10(15)8-5-6-9(18-8)14(16)17;/h5-6H,3-4,7,12H2,1-2H3,(H,13,15);1H. The first-order valence-electron chi connectivity index (χ1n) is 5.73. The molecule has 0 spiro atoms. The zero-order valence-corrected chi connectivity index (χ0v) is 12.5. The molecule has 0 bridgehead atoms. The van der Waals surface area contributed by atoms with Gasteiger partial charge in [-0.1, -0.05) is 25.2 Å². The molecule has 8 heteroatoms. The van der Waals surface area contributed by atoms with Crippen LogP contribution in [0.4, 0.5) is 5.00 Å². The molecule has 0 aromatic carbocycles. The Morgan fingerprint density at radius 2 is 2.05 bits per heavy atom. The largest absolute Gasteiger partial charge is 0.349 e. The van der Waals surface area contributed by atoms with E-state index in [0.29, 0.717) is 11.4 Å². The molecule has 0 atom stereocenters. The summed E-state index contributed by atoms with van der Waals surface area (Å²) in [5.41, 5.74) is 5.64. The molecule has 0 aliphatic carbocycles. The summed E-state index contributed by atoms with van der Waals surface area (Å²) < 4.78 is 0. The zero-order chi connectivity index (χ0) is 13.8. The lowest BCUT2D eigenvalue weighted by Gasteiger charge is -2.26. The summed E-state index contributed by atoms with van der Waals surface area (Å²) in [6.07, 6.45) is 1.52. The monoisotopic (exact) mass is 307 g/mol. The molecule has 108 valence electrons. The lowest BCUT2D eigenvalue weighted by molar-refractivity contribution is -0.380. The molecule has 0 unspecified atom stereocenters. The van der Waals surface area contributed by atoms with Crippen LogP contribution < -0.4 is 11.1 Å². The third-order valence-corrected chi connectivity index (χ3v) is 4.04. The van der Waals surface area contributed by atoms with Gasteiger partial charge in [0.05, 0.1) is 9.80 Å². The molecule has 6 nitrogen and oxygen atoms in total. The van der Waals surface area contributed by atoms with Gasteiger partial charge in [0.25, 0.3) is 5.91 Å². The molecule has 0 aliphatic heterocycles. The second-order valence-corrected chi connectivity index (χ2v) is 5.21. The fourth-order valence-electron chi connectivity index (χ4n) is 1.39. The number of carbonyl (C=O) groups is 1. The summed E-state index contributed by atoms with van der Waals surface area (Å²) in [5.74, 6) is -0.315. The van der Waals surface area contributed by atoms with Crippen LogP contribution in [0.15, 0.2) is 12.1 Å². The number of nitrogens with zero attached hydrogens (tertiary/aromatic N) is 1. The molecule has 1 rings (SSSR count). The highest BCUT2D eigenvalue weighted by Gasteiger charge is 2.22. The zero-order valence-electron chi connectivity index (χ0n) is 10.8. The Kier molecular flexibility index (Phi) is 6.96. The molecule has 0 fully saturated rings. The SMILES string of the molecule is CCC(N)(CC)CNC(=O)c1ccc([N+](=O)[O-])s1.Cl. The van der Waals surface area contributed by atoms with Gasteiger partial charge in [-0.05, 0) is 18.9 Å². The van der Waals surface area contributed by atoms with E-state index in [9.17, 15) is 14.9 Å². The summed E-state index contributed by atoms with van der Waals surface area (Å²) in [4.78, 5) is 22.1. The van der Waals surface area contributed by atoms with Crippen molar-refractivity contribution in [3.8, 4) is 0 Å². The highest BCUT2D eigenvalue weighted by Crippen LogP contribution is 2.23. The summed E-state index contributed by atoms with van der Waals surface area (Å²) in [6.45, 7) is 4.29. The first-order chi connectivity index (χ1) is 8.41. The number of nitrogens with one attached hydrogen (secondary N) is 1. The molecule has 19 heavy (non-hydrogen) atoms. The Morgan fingerprint density at radius 3 is 2.47 bits per heavy atom. The third-order valence-electron chi connectivity index (χ3n) is 3.00. The number of hydrogen-bond acceptors (Lipinski definition) is 5. The van der Waals surface area contributed by atoms with Gasteiger partial charge in [-0.2, -0.15) is 0 Å². The van der Waals surface area contributed by atoms with Crippen molar-refractivity contribution < 1.29 is 9.72 Å². The van der Waals surface area contributed by atoms with Crippen molar-refractivity contribution in [3.63, 3.8) is 0 Å². The molecule has 0 aliphatic rings. The number of amides is 1. The van der Waals surface area contributed by atoms with E-state index >= 15 is 0 Å². The van der Waals surface area contributed by atoms with Gasteiger partial charge in [-0.15, -0.1) is 12.4 Å². The van der Waals surface area contributed by atoms with Crippen LogP contribution in [0.2, 0.25) is 0 Å². The van der Waals surface area contributed by atoms with Crippen molar-refractivity contribution >= 4 is 34.7 Å². The summed E-state index contributed by atoms with van der Waals surface area (Å²) in [6, 6.07) is 2.78. The second kappa shape index (κ2) is 7.42. The fraction of sp³-hybridized carbons (Fsp3) is 0.545. The number of halogens is 1. The van der Waals surface area contributed by atoms with E-state index in [1.807, 2.05) is 13.8 Å². The molecule has 0 radical (unpaired) electrons. The quantitative estimate of drug-likeness (QED) is 0.622. The van der Waals surface area contributed by atoms with Gasteiger partial charge in [-0.3, -0.25) is 14.9 Å². The number of nitro groups is 1. The maximum atomic E-state index is 11.8. The molecule has 1 aromatic rings. The molecule has 1 aromatic heterocycles. The van der Waals surface area contributed by atoms with Crippen LogP contribution >= 0.6 is 23.7 Å². The topological polar surface area (TPSA) is 98.3 Å². The lowest BCUT2D eigenvalue weighted by atomic mass is 9.94. The fourth-order valence-corrected chi connectivity index (χ4v) is 2.13. The predicted octanol–water partition coefficient (Wildman–Crippen LogP) is 2.33. The maximum Gasteiger partial charge on any atom is 0.324 e. The van der Waals surface area contributed by atoms with E-state index in [1.165, 1.54) is 12.1 Å².